The first-order valence-corrected chi connectivity index (χ1v) is 8.57. The third-order valence-electron chi connectivity index (χ3n) is 4.12. The summed E-state index contributed by atoms with van der Waals surface area (Å²) in [6, 6.07) is 4.88. The van der Waals surface area contributed by atoms with E-state index in [1.54, 1.807) is 23.1 Å². The lowest BCUT2D eigenvalue weighted by Crippen LogP contribution is -2.33. The number of ether oxygens (including phenoxy) is 1. The van der Waals surface area contributed by atoms with Crippen molar-refractivity contribution in [3.63, 3.8) is 0 Å². The van der Waals surface area contributed by atoms with Crippen LogP contribution >= 0.6 is 0 Å². The Balaban J connectivity index is 2.93. The minimum absolute atomic E-state index is 0.228. The molecule has 0 spiro atoms. The van der Waals surface area contributed by atoms with Crippen LogP contribution in [0.3, 0.4) is 0 Å². The highest BCUT2D eigenvalue weighted by molar-refractivity contribution is 6.08. The third kappa shape index (κ3) is 4.96. The van der Waals surface area contributed by atoms with Crippen molar-refractivity contribution in [3.05, 3.63) is 29.3 Å². The Morgan fingerprint density at radius 3 is 2.21 bits per heavy atom. The highest BCUT2D eigenvalue weighted by Gasteiger charge is 2.23. The summed E-state index contributed by atoms with van der Waals surface area (Å²) in [6.07, 6.45) is 0. The van der Waals surface area contributed by atoms with Crippen LogP contribution in [0.4, 0.5) is 5.69 Å². The van der Waals surface area contributed by atoms with Crippen LogP contribution in [0.2, 0.25) is 0 Å². The number of benzene rings is 1. The van der Waals surface area contributed by atoms with E-state index < -0.39 is 5.97 Å². The number of nitrogens with two attached hydrogens (primary N) is 1. The summed E-state index contributed by atoms with van der Waals surface area (Å²) >= 11 is 0. The number of nitrogen functional groups attached to an aromatic ring is 1. The van der Waals surface area contributed by atoms with Crippen molar-refractivity contribution in [2.24, 2.45) is 0 Å². The zero-order valence-electron chi connectivity index (χ0n) is 15.2. The molecule has 1 rings (SSSR count). The maximum absolute atomic E-state index is 12.7. The second kappa shape index (κ2) is 9.93. The van der Waals surface area contributed by atoms with E-state index in [9.17, 15) is 9.59 Å². The second-order valence-electron chi connectivity index (χ2n) is 5.41. The maximum Gasteiger partial charge on any atom is 0.339 e. The van der Waals surface area contributed by atoms with Gasteiger partial charge in [-0.05, 0) is 39.1 Å². The number of likely N-dealkylation sites (N-methyl/N-ethyl adjacent to an activating group) is 1. The van der Waals surface area contributed by atoms with Gasteiger partial charge in [0.05, 0.1) is 11.1 Å². The molecule has 1 aromatic carbocycles. The lowest BCUT2D eigenvalue weighted by molar-refractivity contribution is 0.0460. The Morgan fingerprint density at radius 2 is 1.67 bits per heavy atom. The van der Waals surface area contributed by atoms with Crippen LogP contribution in [0.5, 0.6) is 0 Å². The fourth-order valence-electron chi connectivity index (χ4n) is 2.53. The molecule has 0 bridgehead atoms. The van der Waals surface area contributed by atoms with Gasteiger partial charge in [0.1, 0.15) is 6.61 Å². The number of nitrogens with zero attached hydrogens (tertiary/aromatic N) is 2. The Bertz CT molecular complexity index is 552. The van der Waals surface area contributed by atoms with Gasteiger partial charge in [-0.15, -0.1) is 0 Å². The number of amides is 1. The van der Waals surface area contributed by atoms with Gasteiger partial charge in [0.15, 0.2) is 0 Å². The van der Waals surface area contributed by atoms with Crippen molar-refractivity contribution in [1.82, 2.24) is 9.80 Å². The van der Waals surface area contributed by atoms with Gasteiger partial charge in [-0.1, -0.05) is 19.9 Å². The number of anilines is 1. The smallest absolute Gasteiger partial charge is 0.339 e. The molecule has 0 aliphatic carbocycles. The monoisotopic (exact) mass is 335 g/mol. The number of carbonyl (C=O) groups is 2. The molecule has 2 N–H and O–H groups in total. The maximum atomic E-state index is 12.7. The molecule has 0 aliphatic rings. The molecule has 6 heteroatoms. The lowest BCUT2D eigenvalue weighted by Gasteiger charge is -2.21. The van der Waals surface area contributed by atoms with Crippen LogP contribution in [0.1, 0.15) is 48.4 Å². The minimum Gasteiger partial charge on any atom is -0.461 e. The molecule has 0 aliphatic heterocycles. The Hall–Kier alpha value is -2.08. The van der Waals surface area contributed by atoms with E-state index in [1.165, 1.54) is 0 Å². The number of esters is 1. The van der Waals surface area contributed by atoms with Gasteiger partial charge in [-0.3, -0.25) is 4.79 Å². The summed E-state index contributed by atoms with van der Waals surface area (Å²) in [5, 5.41) is 0. The highest BCUT2D eigenvalue weighted by atomic mass is 16.5. The molecule has 6 nitrogen and oxygen atoms in total. The topological polar surface area (TPSA) is 75.9 Å². The molecule has 0 atom stereocenters. The Labute approximate surface area is 144 Å². The van der Waals surface area contributed by atoms with Crippen LogP contribution in [0.25, 0.3) is 0 Å². The molecule has 0 heterocycles. The van der Waals surface area contributed by atoms with Crippen LogP contribution in [0, 0.1) is 0 Å². The van der Waals surface area contributed by atoms with E-state index in [4.69, 9.17) is 10.5 Å². The fourth-order valence-corrected chi connectivity index (χ4v) is 2.53. The van der Waals surface area contributed by atoms with Crippen molar-refractivity contribution in [2.45, 2.75) is 27.7 Å². The van der Waals surface area contributed by atoms with E-state index in [2.05, 4.69) is 18.7 Å². The van der Waals surface area contributed by atoms with Gasteiger partial charge in [0, 0.05) is 25.3 Å². The molecule has 0 unspecified atom stereocenters. The fraction of sp³-hybridized carbons (Fsp3) is 0.556. The summed E-state index contributed by atoms with van der Waals surface area (Å²) in [4.78, 5) is 28.9. The van der Waals surface area contributed by atoms with Crippen molar-refractivity contribution in [2.75, 3.05) is 45.1 Å². The van der Waals surface area contributed by atoms with Crippen molar-refractivity contribution >= 4 is 17.6 Å². The number of hydrogen-bond acceptors (Lipinski definition) is 5. The van der Waals surface area contributed by atoms with Crippen LogP contribution in [-0.2, 0) is 4.74 Å². The molecule has 134 valence electrons. The summed E-state index contributed by atoms with van der Waals surface area (Å²) in [7, 11) is 0. The van der Waals surface area contributed by atoms with Gasteiger partial charge in [0.25, 0.3) is 5.91 Å². The molecule has 0 saturated heterocycles. The highest BCUT2D eigenvalue weighted by Crippen LogP contribution is 2.20. The van der Waals surface area contributed by atoms with E-state index in [-0.39, 0.29) is 23.6 Å². The molecule has 1 amide bonds. The number of carbonyl (C=O) groups excluding carboxylic acids is 2. The third-order valence-corrected chi connectivity index (χ3v) is 4.12. The Morgan fingerprint density at radius 1 is 1.04 bits per heavy atom. The predicted octanol–water partition coefficient (Wildman–Crippen LogP) is 2.25. The second-order valence-corrected chi connectivity index (χ2v) is 5.41. The summed E-state index contributed by atoms with van der Waals surface area (Å²) in [5.41, 5.74) is 6.72. The quantitative estimate of drug-likeness (QED) is 0.553. The van der Waals surface area contributed by atoms with Crippen molar-refractivity contribution in [1.29, 1.82) is 0 Å². The van der Waals surface area contributed by atoms with Crippen molar-refractivity contribution < 1.29 is 14.3 Å². The molecule has 0 radical (unpaired) electrons. The lowest BCUT2D eigenvalue weighted by atomic mass is 10.0. The van der Waals surface area contributed by atoms with Gasteiger partial charge >= 0.3 is 5.97 Å². The molecule has 0 fully saturated rings. The van der Waals surface area contributed by atoms with Gasteiger partial charge < -0.3 is 20.3 Å². The zero-order valence-corrected chi connectivity index (χ0v) is 15.2. The SMILES string of the molecule is CCN(CC)CCOC(=O)c1cccc(N)c1C(=O)N(CC)CC. The normalized spacial score (nSPS) is 10.7. The first kappa shape index (κ1) is 20.0. The van der Waals surface area contributed by atoms with E-state index in [0.29, 0.717) is 25.3 Å². The molecule has 1 aromatic rings. The van der Waals surface area contributed by atoms with Crippen LogP contribution in [-0.4, -0.2) is 61.0 Å². The molecule has 0 saturated carbocycles. The molecular formula is C18H29N3O3. The molecular weight excluding hydrogens is 306 g/mol. The minimum atomic E-state index is -0.509. The summed E-state index contributed by atoms with van der Waals surface area (Å²) in [6.45, 7) is 11.8. The average Bonchev–Trinajstić information content (AvgIpc) is 2.59. The first-order chi connectivity index (χ1) is 11.5. The number of rotatable bonds is 9. The first-order valence-electron chi connectivity index (χ1n) is 8.57. The van der Waals surface area contributed by atoms with Crippen LogP contribution < -0.4 is 5.73 Å². The van der Waals surface area contributed by atoms with Gasteiger partial charge in [-0.2, -0.15) is 0 Å². The largest absolute Gasteiger partial charge is 0.461 e. The molecule has 0 aromatic heterocycles. The Kier molecular flexibility index (Phi) is 8.26. The van der Waals surface area contributed by atoms with Gasteiger partial charge in [0.2, 0.25) is 0 Å². The summed E-state index contributed by atoms with van der Waals surface area (Å²) < 4.78 is 5.35. The summed E-state index contributed by atoms with van der Waals surface area (Å²) in [5.74, 6) is -0.751. The van der Waals surface area contributed by atoms with Gasteiger partial charge in [-0.25, -0.2) is 4.79 Å². The van der Waals surface area contributed by atoms with E-state index in [1.807, 2.05) is 13.8 Å². The van der Waals surface area contributed by atoms with Crippen LogP contribution in [0.15, 0.2) is 18.2 Å². The average molecular weight is 335 g/mol. The molecule has 24 heavy (non-hydrogen) atoms. The number of hydrogen-bond donors (Lipinski definition) is 1. The predicted molar refractivity (Wildman–Crippen MR) is 96.2 cm³/mol. The van der Waals surface area contributed by atoms with E-state index in [0.717, 1.165) is 13.1 Å². The van der Waals surface area contributed by atoms with Crippen molar-refractivity contribution in [3.8, 4) is 0 Å². The van der Waals surface area contributed by atoms with E-state index >= 15 is 0 Å². The standard InChI is InChI=1S/C18H29N3O3/c1-5-20(6-2)12-13-24-18(23)14-10-9-11-15(19)16(14)17(22)21(7-3)8-4/h9-11H,5-8,12-13,19H2,1-4H3. The zero-order chi connectivity index (χ0) is 18.1.